The van der Waals surface area contributed by atoms with Crippen molar-refractivity contribution in [3.05, 3.63) is 52.8 Å². The lowest BCUT2D eigenvalue weighted by molar-refractivity contribution is -0.115. The van der Waals surface area contributed by atoms with Crippen LogP contribution in [0, 0.1) is 0 Å². The second kappa shape index (κ2) is 6.67. The summed E-state index contributed by atoms with van der Waals surface area (Å²) in [6, 6.07) is 9.09. The third-order valence-electron chi connectivity index (χ3n) is 4.93. The van der Waals surface area contributed by atoms with Gasteiger partial charge < -0.3 is 0 Å². The van der Waals surface area contributed by atoms with Crippen LogP contribution in [0.15, 0.2) is 41.6 Å². The van der Waals surface area contributed by atoms with Gasteiger partial charge in [0.25, 0.3) is 11.1 Å². The van der Waals surface area contributed by atoms with Gasteiger partial charge in [-0.3, -0.25) is 23.8 Å². The monoisotopic (exact) mass is 441 g/mol. The van der Waals surface area contributed by atoms with E-state index < -0.39 is 21.2 Å². The third kappa shape index (κ3) is 3.15. The Balaban J connectivity index is 1.55. The molecule has 3 aromatic rings. The van der Waals surface area contributed by atoms with Gasteiger partial charge in [0.2, 0.25) is 10.0 Å². The fourth-order valence-electron chi connectivity index (χ4n) is 3.59. The van der Waals surface area contributed by atoms with Gasteiger partial charge in [-0.15, -0.1) is 0 Å². The summed E-state index contributed by atoms with van der Waals surface area (Å²) in [5.41, 5.74) is 4.24. The van der Waals surface area contributed by atoms with Crippen molar-refractivity contribution in [2.75, 3.05) is 17.1 Å². The molecule has 2 aliphatic heterocycles. The highest BCUT2D eigenvalue weighted by atomic mass is 32.2. The van der Waals surface area contributed by atoms with Crippen LogP contribution in [-0.2, 0) is 21.2 Å². The molecule has 0 spiro atoms. The molecule has 1 aromatic carbocycles. The molecular weight excluding hydrogens is 426 g/mol. The van der Waals surface area contributed by atoms with Crippen molar-refractivity contribution in [2.24, 2.45) is 0 Å². The molecule has 1 N–H and O–H groups in total. The SMILES string of the molecule is CS(=O)(=O)N1CCc2cc(-n3cnc4ccc(/C=C5/SC(=O)NC5=O)nc43)ccc21. The van der Waals surface area contributed by atoms with E-state index in [1.54, 1.807) is 30.6 Å². The van der Waals surface area contributed by atoms with Gasteiger partial charge in [0.05, 0.1) is 22.5 Å². The summed E-state index contributed by atoms with van der Waals surface area (Å²) in [6.07, 6.45) is 5.05. The number of nitrogens with one attached hydrogen (secondary N) is 1. The van der Waals surface area contributed by atoms with Crippen LogP contribution in [-0.4, -0.2) is 46.9 Å². The number of pyridine rings is 1. The smallest absolute Gasteiger partial charge is 0.283 e. The Kier molecular flexibility index (Phi) is 4.19. The standard InChI is InChI=1S/C19H15N5O4S2/c1-30(27,28)24-7-6-11-8-13(3-5-15(11)24)23-10-20-14-4-2-12(21-17(14)23)9-16-18(25)22-19(26)29-16/h2-5,8-10H,6-7H2,1H3,(H,22,25,26)/b16-9+. The quantitative estimate of drug-likeness (QED) is 0.619. The molecule has 4 heterocycles. The highest BCUT2D eigenvalue weighted by Crippen LogP contribution is 2.32. The summed E-state index contributed by atoms with van der Waals surface area (Å²) < 4.78 is 27.1. The van der Waals surface area contributed by atoms with E-state index in [0.717, 1.165) is 23.0 Å². The fourth-order valence-corrected chi connectivity index (χ4v) is 5.21. The van der Waals surface area contributed by atoms with Crippen molar-refractivity contribution in [3.63, 3.8) is 0 Å². The number of fused-ring (bicyclic) bond motifs is 2. The van der Waals surface area contributed by atoms with Gasteiger partial charge in [-0.25, -0.2) is 18.4 Å². The molecule has 11 heteroatoms. The van der Waals surface area contributed by atoms with Gasteiger partial charge in [-0.05, 0) is 60.2 Å². The summed E-state index contributed by atoms with van der Waals surface area (Å²) in [5, 5.41) is 1.82. The van der Waals surface area contributed by atoms with Gasteiger partial charge in [-0.1, -0.05) is 0 Å². The van der Waals surface area contributed by atoms with E-state index in [9.17, 15) is 18.0 Å². The van der Waals surface area contributed by atoms with E-state index in [1.807, 2.05) is 16.7 Å². The molecule has 30 heavy (non-hydrogen) atoms. The van der Waals surface area contributed by atoms with Crippen molar-refractivity contribution in [1.82, 2.24) is 19.9 Å². The van der Waals surface area contributed by atoms with Crippen LogP contribution >= 0.6 is 11.8 Å². The van der Waals surface area contributed by atoms with Crippen molar-refractivity contribution in [3.8, 4) is 5.69 Å². The molecular formula is C19H15N5O4S2. The lowest BCUT2D eigenvalue weighted by Crippen LogP contribution is -2.27. The summed E-state index contributed by atoms with van der Waals surface area (Å²) in [6.45, 7) is 0.427. The number of benzene rings is 1. The number of carbonyl (C=O) groups excluding carboxylic acids is 2. The van der Waals surface area contributed by atoms with E-state index in [-0.39, 0.29) is 4.91 Å². The molecule has 1 saturated heterocycles. The van der Waals surface area contributed by atoms with Crippen LogP contribution in [0.3, 0.4) is 0 Å². The minimum atomic E-state index is -3.31. The average Bonchev–Trinajstić information content (AvgIpc) is 3.37. The third-order valence-corrected chi connectivity index (χ3v) is 6.92. The molecule has 0 saturated carbocycles. The number of imide groups is 1. The molecule has 2 amide bonds. The van der Waals surface area contributed by atoms with Crippen molar-refractivity contribution in [2.45, 2.75) is 6.42 Å². The van der Waals surface area contributed by atoms with Crippen LogP contribution in [0.5, 0.6) is 0 Å². The van der Waals surface area contributed by atoms with Crippen LogP contribution in [0.4, 0.5) is 10.5 Å². The Morgan fingerprint density at radius 3 is 2.77 bits per heavy atom. The van der Waals surface area contributed by atoms with Crippen LogP contribution in [0.1, 0.15) is 11.3 Å². The Morgan fingerprint density at radius 1 is 1.20 bits per heavy atom. The maximum absolute atomic E-state index is 12.0. The summed E-state index contributed by atoms with van der Waals surface area (Å²) in [5.74, 6) is -0.436. The van der Waals surface area contributed by atoms with E-state index in [2.05, 4.69) is 15.3 Å². The molecule has 0 radical (unpaired) electrons. The fraction of sp³-hybridized carbons (Fsp3) is 0.158. The second-order valence-corrected chi connectivity index (χ2v) is 9.87. The average molecular weight is 441 g/mol. The predicted octanol–water partition coefficient (Wildman–Crippen LogP) is 2.07. The molecule has 2 aromatic heterocycles. The topological polar surface area (TPSA) is 114 Å². The first-order valence-corrected chi connectivity index (χ1v) is 11.7. The Morgan fingerprint density at radius 2 is 2.03 bits per heavy atom. The molecule has 0 unspecified atom stereocenters. The number of rotatable bonds is 3. The lowest BCUT2D eigenvalue weighted by Gasteiger charge is -2.16. The maximum atomic E-state index is 12.0. The molecule has 0 atom stereocenters. The first kappa shape index (κ1) is 18.8. The number of hydrogen-bond donors (Lipinski definition) is 1. The zero-order valence-electron chi connectivity index (χ0n) is 15.7. The van der Waals surface area contributed by atoms with Crippen LogP contribution in [0.2, 0.25) is 0 Å². The van der Waals surface area contributed by atoms with Crippen molar-refractivity contribution in [1.29, 1.82) is 0 Å². The van der Waals surface area contributed by atoms with Crippen LogP contribution < -0.4 is 9.62 Å². The Hall–Kier alpha value is -3.18. The first-order chi connectivity index (χ1) is 14.3. The minimum absolute atomic E-state index is 0.288. The van der Waals surface area contributed by atoms with Gasteiger partial charge in [0.1, 0.15) is 11.8 Å². The highest BCUT2D eigenvalue weighted by Gasteiger charge is 2.27. The number of carbonyl (C=O) groups is 2. The number of anilines is 1. The molecule has 2 aliphatic rings. The summed E-state index contributed by atoms with van der Waals surface area (Å²) in [7, 11) is -3.31. The summed E-state index contributed by atoms with van der Waals surface area (Å²) in [4.78, 5) is 32.4. The number of nitrogens with zero attached hydrogens (tertiary/aromatic N) is 4. The van der Waals surface area contributed by atoms with Gasteiger partial charge in [0.15, 0.2) is 5.65 Å². The second-order valence-electron chi connectivity index (χ2n) is 6.94. The van der Waals surface area contributed by atoms with Crippen molar-refractivity contribution < 1.29 is 18.0 Å². The lowest BCUT2D eigenvalue weighted by atomic mass is 10.1. The Labute approximate surface area is 175 Å². The largest absolute Gasteiger partial charge is 0.290 e. The van der Waals surface area contributed by atoms with Crippen molar-refractivity contribution >= 4 is 55.9 Å². The van der Waals surface area contributed by atoms with E-state index >= 15 is 0 Å². The number of sulfonamides is 1. The molecule has 0 aliphatic carbocycles. The molecule has 0 bridgehead atoms. The van der Waals surface area contributed by atoms with Crippen LogP contribution in [0.25, 0.3) is 22.9 Å². The van der Waals surface area contributed by atoms with Gasteiger partial charge in [-0.2, -0.15) is 0 Å². The number of aromatic nitrogens is 3. The normalized spacial score (nSPS) is 17.8. The number of hydrogen-bond acceptors (Lipinski definition) is 7. The Bertz CT molecular complexity index is 1380. The van der Waals surface area contributed by atoms with Gasteiger partial charge >= 0.3 is 0 Å². The number of amides is 2. The van der Waals surface area contributed by atoms with E-state index in [0.29, 0.717) is 35.5 Å². The molecule has 5 rings (SSSR count). The molecule has 1 fully saturated rings. The highest BCUT2D eigenvalue weighted by molar-refractivity contribution is 8.18. The predicted molar refractivity (Wildman–Crippen MR) is 114 cm³/mol. The molecule has 152 valence electrons. The van der Waals surface area contributed by atoms with E-state index in [4.69, 9.17) is 0 Å². The van der Waals surface area contributed by atoms with E-state index in [1.165, 1.54) is 10.6 Å². The zero-order valence-corrected chi connectivity index (χ0v) is 17.3. The zero-order chi connectivity index (χ0) is 21.0. The first-order valence-electron chi connectivity index (χ1n) is 8.99. The number of thioether (sulfide) groups is 1. The number of imidazole rings is 1. The maximum Gasteiger partial charge on any atom is 0.290 e. The summed E-state index contributed by atoms with van der Waals surface area (Å²) >= 11 is 0.837. The minimum Gasteiger partial charge on any atom is -0.283 e. The van der Waals surface area contributed by atoms with Gasteiger partial charge in [0, 0.05) is 12.2 Å². The molecule has 9 nitrogen and oxygen atoms in total.